The summed E-state index contributed by atoms with van der Waals surface area (Å²) in [5.41, 5.74) is 0. The smallest absolute Gasteiger partial charge is 0.150 e. The second-order valence-corrected chi connectivity index (χ2v) is 3.34. The van der Waals surface area contributed by atoms with Crippen molar-refractivity contribution >= 4 is 17.4 Å². The zero-order valence-corrected chi connectivity index (χ0v) is 6.96. The summed E-state index contributed by atoms with van der Waals surface area (Å²) < 4.78 is 0. The SMILES string of the molecule is CCCC(C)(Cl)C(C)=O. The second-order valence-electron chi connectivity index (χ2n) is 2.50. The molecular weight excluding hydrogens is 136 g/mol. The van der Waals surface area contributed by atoms with Crippen LogP contribution < -0.4 is 0 Å². The summed E-state index contributed by atoms with van der Waals surface area (Å²) in [4.78, 5) is 10.1. The Balaban J connectivity index is 3.85. The number of hydrogen-bond acceptors (Lipinski definition) is 1. The summed E-state index contributed by atoms with van der Waals surface area (Å²) in [5.74, 6) is 0.0611. The van der Waals surface area contributed by atoms with Gasteiger partial charge in [0.05, 0.1) is 4.87 Å². The van der Waals surface area contributed by atoms with Gasteiger partial charge in [-0.1, -0.05) is 13.3 Å². The van der Waals surface area contributed by atoms with Gasteiger partial charge in [0.15, 0.2) is 0 Å². The number of alkyl halides is 1. The molecule has 0 spiro atoms. The standard InChI is InChI=1S/C7H13ClO/c1-4-5-7(3,8)6(2)9/h4-5H2,1-3H3. The molecule has 0 fully saturated rings. The fourth-order valence-corrected chi connectivity index (χ4v) is 0.835. The van der Waals surface area contributed by atoms with E-state index in [0.29, 0.717) is 0 Å². The quantitative estimate of drug-likeness (QED) is 0.562. The van der Waals surface area contributed by atoms with Gasteiger partial charge in [0, 0.05) is 0 Å². The van der Waals surface area contributed by atoms with Crippen LogP contribution in [0.3, 0.4) is 0 Å². The molecule has 0 saturated carbocycles. The molecule has 2 heteroatoms. The molecule has 0 aromatic rings. The number of halogens is 1. The lowest BCUT2D eigenvalue weighted by Crippen LogP contribution is -2.25. The van der Waals surface area contributed by atoms with E-state index >= 15 is 0 Å². The van der Waals surface area contributed by atoms with Gasteiger partial charge in [-0.25, -0.2) is 0 Å². The average Bonchev–Trinajstić information content (AvgIpc) is 1.65. The van der Waals surface area contributed by atoms with E-state index in [1.165, 1.54) is 6.92 Å². The molecule has 0 aromatic heterocycles. The molecule has 0 rings (SSSR count). The third-order valence-corrected chi connectivity index (χ3v) is 1.91. The third-order valence-electron chi connectivity index (χ3n) is 1.45. The Morgan fingerprint density at radius 1 is 1.67 bits per heavy atom. The van der Waals surface area contributed by atoms with Crippen LogP contribution in [0, 0.1) is 0 Å². The lowest BCUT2D eigenvalue weighted by atomic mass is 10.0. The van der Waals surface area contributed by atoms with Crippen LogP contribution in [0.1, 0.15) is 33.6 Å². The molecule has 9 heavy (non-hydrogen) atoms. The summed E-state index contributed by atoms with van der Waals surface area (Å²) in [5, 5.41) is 0. The van der Waals surface area contributed by atoms with Crippen molar-refractivity contribution in [2.75, 3.05) is 0 Å². The van der Waals surface area contributed by atoms with E-state index in [4.69, 9.17) is 11.6 Å². The van der Waals surface area contributed by atoms with Gasteiger partial charge in [-0.05, 0) is 20.3 Å². The third kappa shape index (κ3) is 2.85. The zero-order valence-electron chi connectivity index (χ0n) is 6.20. The molecule has 0 amide bonds. The summed E-state index contributed by atoms with van der Waals surface area (Å²) in [6.45, 7) is 5.31. The van der Waals surface area contributed by atoms with Crippen LogP contribution in [0.15, 0.2) is 0 Å². The Hall–Kier alpha value is -0.0400. The molecule has 0 saturated heterocycles. The van der Waals surface area contributed by atoms with Crippen LogP contribution in [0.4, 0.5) is 0 Å². The highest BCUT2D eigenvalue weighted by Crippen LogP contribution is 2.21. The Kier molecular flexibility index (Phi) is 3.20. The minimum Gasteiger partial charge on any atom is -0.298 e. The fourth-order valence-electron chi connectivity index (χ4n) is 0.646. The van der Waals surface area contributed by atoms with Gasteiger partial charge in [-0.3, -0.25) is 4.79 Å². The van der Waals surface area contributed by atoms with E-state index in [1.807, 2.05) is 6.92 Å². The molecular formula is C7H13ClO. The molecule has 1 nitrogen and oxygen atoms in total. The molecule has 0 aliphatic rings. The van der Waals surface area contributed by atoms with Crippen molar-refractivity contribution in [3.8, 4) is 0 Å². The first-order chi connectivity index (χ1) is 4.00. The highest BCUT2D eigenvalue weighted by molar-refractivity contribution is 6.34. The molecule has 0 N–H and O–H groups in total. The maximum absolute atomic E-state index is 10.7. The summed E-state index contributed by atoms with van der Waals surface area (Å²) >= 11 is 5.82. The lowest BCUT2D eigenvalue weighted by Gasteiger charge is -2.16. The van der Waals surface area contributed by atoms with Crippen molar-refractivity contribution in [3.63, 3.8) is 0 Å². The minimum atomic E-state index is -0.616. The van der Waals surface area contributed by atoms with E-state index in [0.717, 1.165) is 12.8 Å². The van der Waals surface area contributed by atoms with E-state index in [-0.39, 0.29) is 5.78 Å². The molecule has 0 aliphatic carbocycles. The Morgan fingerprint density at radius 3 is 2.22 bits per heavy atom. The summed E-state index contributed by atoms with van der Waals surface area (Å²) in [6, 6.07) is 0. The van der Waals surface area contributed by atoms with Crippen LogP contribution in [0.5, 0.6) is 0 Å². The molecule has 54 valence electrons. The second kappa shape index (κ2) is 3.21. The molecule has 0 aromatic carbocycles. The van der Waals surface area contributed by atoms with Gasteiger partial charge in [0.1, 0.15) is 5.78 Å². The lowest BCUT2D eigenvalue weighted by molar-refractivity contribution is -0.119. The van der Waals surface area contributed by atoms with Crippen LogP contribution in [-0.2, 0) is 4.79 Å². The zero-order chi connectivity index (χ0) is 7.49. The Morgan fingerprint density at radius 2 is 2.11 bits per heavy atom. The topological polar surface area (TPSA) is 17.1 Å². The van der Waals surface area contributed by atoms with Gasteiger partial charge in [0.25, 0.3) is 0 Å². The van der Waals surface area contributed by atoms with Gasteiger partial charge < -0.3 is 0 Å². The molecule has 0 bridgehead atoms. The van der Waals surface area contributed by atoms with Crippen LogP contribution in [0.25, 0.3) is 0 Å². The van der Waals surface area contributed by atoms with Gasteiger partial charge in [0.2, 0.25) is 0 Å². The van der Waals surface area contributed by atoms with Gasteiger partial charge >= 0.3 is 0 Å². The average molecular weight is 149 g/mol. The Bertz CT molecular complexity index is 107. The van der Waals surface area contributed by atoms with Crippen molar-refractivity contribution in [1.29, 1.82) is 0 Å². The molecule has 0 aliphatic heterocycles. The summed E-state index contributed by atoms with van der Waals surface area (Å²) in [7, 11) is 0. The normalized spacial score (nSPS) is 16.9. The molecule has 0 heterocycles. The fraction of sp³-hybridized carbons (Fsp3) is 0.857. The number of carbonyl (C=O) groups is 1. The van der Waals surface area contributed by atoms with E-state index in [9.17, 15) is 4.79 Å². The molecule has 0 radical (unpaired) electrons. The maximum Gasteiger partial charge on any atom is 0.150 e. The first-order valence-corrected chi connectivity index (χ1v) is 3.58. The van der Waals surface area contributed by atoms with Crippen LogP contribution >= 0.6 is 11.6 Å². The van der Waals surface area contributed by atoms with Crippen molar-refractivity contribution in [1.82, 2.24) is 0 Å². The van der Waals surface area contributed by atoms with Crippen molar-refractivity contribution in [3.05, 3.63) is 0 Å². The predicted molar refractivity (Wildman–Crippen MR) is 39.8 cm³/mol. The predicted octanol–water partition coefficient (Wildman–Crippen LogP) is 2.37. The number of Topliss-reactive ketones (excluding diaryl/α,β-unsaturated/α-hetero) is 1. The van der Waals surface area contributed by atoms with Crippen molar-refractivity contribution < 1.29 is 4.79 Å². The number of rotatable bonds is 3. The molecule has 1 atom stereocenters. The maximum atomic E-state index is 10.7. The molecule has 1 unspecified atom stereocenters. The van der Waals surface area contributed by atoms with Crippen molar-refractivity contribution in [2.24, 2.45) is 0 Å². The summed E-state index contributed by atoms with van der Waals surface area (Å²) in [6.07, 6.45) is 1.73. The van der Waals surface area contributed by atoms with Crippen LogP contribution in [-0.4, -0.2) is 10.7 Å². The monoisotopic (exact) mass is 148 g/mol. The number of hydrogen-bond donors (Lipinski definition) is 0. The van der Waals surface area contributed by atoms with Gasteiger partial charge in [-0.2, -0.15) is 0 Å². The van der Waals surface area contributed by atoms with Gasteiger partial charge in [-0.15, -0.1) is 11.6 Å². The highest BCUT2D eigenvalue weighted by atomic mass is 35.5. The first kappa shape index (κ1) is 8.96. The van der Waals surface area contributed by atoms with Crippen LogP contribution in [0.2, 0.25) is 0 Å². The van der Waals surface area contributed by atoms with Crippen molar-refractivity contribution in [2.45, 2.75) is 38.5 Å². The van der Waals surface area contributed by atoms with E-state index in [1.54, 1.807) is 6.92 Å². The van der Waals surface area contributed by atoms with E-state index < -0.39 is 4.87 Å². The number of ketones is 1. The first-order valence-electron chi connectivity index (χ1n) is 3.20. The minimum absolute atomic E-state index is 0.0611. The largest absolute Gasteiger partial charge is 0.298 e. The van der Waals surface area contributed by atoms with E-state index in [2.05, 4.69) is 0 Å². The highest BCUT2D eigenvalue weighted by Gasteiger charge is 2.24. The Labute approximate surface area is 61.4 Å². The number of carbonyl (C=O) groups excluding carboxylic acids is 1.